The lowest BCUT2D eigenvalue weighted by atomic mass is 10.0. The van der Waals surface area contributed by atoms with Crippen molar-refractivity contribution in [1.29, 1.82) is 0 Å². The number of unbranched alkanes of at least 4 members (excludes halogenated alkanes) is 2. The molecule has 0 heterocycles. The fraction of sp³-hybridized carbons (Fsp3) is 0.462. The molecular formula is C13H16ClFO. The number of hydrogen-bond donors (Lipinski definition) is 0. The van der Waals surface area contributed by atoms with Gasteiger partial charge in [-0.15, -0.1) is 11.6 Å². The first kappa shape index (κ1) is 13.2. The third kappa shape index (κ3) is 3.93. The summed E-state index contributed by atoms with van der Waals surface area (Å²) in [4.78, 5) is 11.7. The van der Waals surface area contributed by atoms with E-state index in [9.17, 15) is 9.18 Å². The molecule has 88 valence electrons. The summed E-state index contributed by atoms with van der Waals surface area (Å²) in [7, 11) is 0. The van der Waals surface area contributed by atoms with Gasteiger partial charge < -0.3 is 0 Å². The maximum Gasteiger partial charge on any atom is 0.162 e. The molecule has 0 spiro atoms. The van der Waals surface area contributed by atoms with Crippen molar-refractivity contribution in [3.63, 3.8) is 0 Å². The third-order valence-corrected chi connectivity index (χ3v) is 2.80. The third-order valence-electron chi connectivity index (χ3n) is 2.53. The number of alkyl halides is 1. The first-order chi connectivity index (χ1) is 7.65. The van der Waals surface area contributed by atoms with E-state index in [2.05, 4.69) is 0 Å². The number of Topliss-reactive ketones (excluding diaryl/α,β-unsaturated/α-hetero) is 1. The summed E-state index contributed by atoms with van der Waals surface area (Å²) in [5.74, 6) is 0.327. The Morgan fingerprint density at radius 3 is 2.69 bits per heavy atom. The number of benzene rings is 1. The molecule has 0 aliphatic carbocycles. The second kappa shape index (κ2) is 6.64. The lowest BCUT2D eigenvalue weighted by Gasteiger charge is -2.02. The van der Waals surface area contributed by atoms with Crippen molar-refractivity contribution in [1.82, 2.24) is 0 Å². The van der Waals surface area contributed by atoms with E-state index in [-0.39, 0.29) is 11.6 Å². The normalized spacial score (nSPS) is 10.4. The van der Waals surface area contributed by atoms with Crippen LogP contribution >= 0.6 is 11.6 Å². The SMILES string of the molecule is Cc1ccc(C(=O)CCCCCCl)cc1F. The Kier molecular flexibility index (Phi) is 5.47. The van der Waals surface area contributed by atoms with Crippen LogP contribution < -0.4 is 0 Å². The standard InChI is InChI=1S/C13H16ClFO/c1-10-6-7-11(9-12(10)15)13(16)5-3-2-4-8-14/h6-7,9H,2-5,8H2,1H3. The van der Waals surface area contributed by atoms with Gasteiger partial charge in [0.1, 0.15) is 5.82 Å². The maximum absolute atomic E-state index is 13.2. The van der Waals surface area contributed by atoms with Gasteiger partial charge in [0.2, 0.25) is 0 Å². The largest absolute Gasteiger partial charge is 0.294 e. The van der Waals surface area contributed by atoms with E-state index >= 15 is 0 Å². The minimum absolute atomic E-state index is 0.00784. The van der Waals surface area contributed by atoms with E-state index in [1.807, 2.05) is 0 Å². The van der Waals surface area contributed by atoms with Gasteiger partial charge in [-0.3, -0.25) is 4.79 Å². The van der Waals surface area contributed by atoms with Crippen LogP contribution in [0.1, 0.15) is 41.6 Å². The predicted octanol–water partition coefficient (Wildman–Crippen LogP) is 4.12. The van der Waals surface area contributed by atoms with Crippen LogP contribution in [0.4, 0.5) is 4.39 Å². The number of aryl methyl sites for hydroxylation is 1. The first-order valence-corrected chi connectivity index (χ1v) is 6.04. The van der Waals surface area contributed by atoms with Crippen LogP contribution in [0.3, 0.4) is 0 Å². The van der Waals surface area contributed by atoms with E-state index < -0.39 is 0 Å². The smallest absolute Gasteiger partial charge is 0.162 e. The Balaban J connectivity index is 2.50. The number of halogens is 2. The van der Waals surface area contributed by atoms with Crippen molar-refractivity contribution in [3.8, 4) is 0 Å². The van der Waals surface area contributed by atoms with E-state index in [0.717, 1.165) is 19.3 Å². The van der Waals surface area contributed by atoms with Gasteiger partial charge in [0.15, 0.2) is 5.78 Å². The van der Waals surface area contributed by atoms with Gasteiger partial charge in [0.25, 0.3) is 0 Å². The minimum atomic E-state index is -0.313. The molecule has 1 nitrogen and oxygen atoms in total. The quantitative estimate of drug-likeness (QED) is 0.417. The Morgan fingerprint density at radius 1 is 1.31 bits per heavy atom. The van der Waals surface area contributed by atoms with Gasteiger partial charge in [-0.2, -0.15) is 0 Å². The van der Waals surface area contributed by atoms with E-state index in [1.54, 1.807) is 19.1 Å². The molecule has 0 saturated carbocycles. The molecular weight excluding hydrogens is 227 g/mol. The van der Waals surface area contributed by atoms with Crippen molar-refractivity contribution < 1.29 is 9.18 Å². The molecule has 0 aromatic heterocycles. The molecule has 0 aliphatic heterocycles. The molecule has 1 rings (SSSR count). The molecule has 0 radical (unpaired) electrons. The topological polar surface area (TPSA) is 17.1 Å². The minimum Gasteiger partial charge on any atom is -0.294 e. The monoisotopic (exact) mass is 242 g/mol. The molecule has 0 unspecified atom stereocenters. The summed E-state index contributed by atoms with van der Waals surface area (Å²) in [5, 5.41) is 0. The van der Waals surface area contributed by atoms with Gasteiger partial charge >= 0.3 is 0 Å². The van der Waals surface area contributed by atoms with Gasteiger partial charge in [0.05, 0.1) is 0 Å². The molecule has 16 heavy (non-hydrogen) atoms. The summed E-state index contributed by atoms with van der Waals surface area (Å²) < 4.78 is 13.2. The Morgan fingerprint density at radius 2 is 2.06 bits per heavy atom. The fourth-order valence-electron chi connectivity index (χ4n) is 1.47. The highest BCUT2D eigenvalue weighted by atomic mass is 35.5. The average molecular weight is 243 g/mol. The number of ketones is 1. The Hall–Kier alpha value is -0.890. The van der Waals surface area contributed by atoms with Crippen LogP contribution in [0, 0.1) is 12.7 Å². The number of carbonyl (C=O) groups is 1. The molecule has 0 N–H and O–H groups in total. The number of hydrogen-bond acceptors (Lipinski definition) is 1. The average Bonchev–Trinajstić information content (AvgIpc) is 2.28. The summed E-state index contributed by atoms with van der Waals surface area (Å²) >= 11 is 5.54. The van der Waals surface area contributed by atoms with E-state index in [1.165, 1.54) is 6.07 Å². The number of rotatable bonds is 6. The lowest BCUT2D eigenvalue weighted by Crippen LogP contribution is -2.00. The van der Waals surface area contributed by atoms with Crippen LogP contribution in [0.2, 0.25) is 0 Å². The van der Waals surface area contributed by atoms with Crippen molar-refractivity contribution in [2.24, 2.45) is 0 Å². The van der Waals surface area contributed by atoms with E-state index in [4.69, 9.17) is 11.6 Å². The highest BCUT2D eigenvalue weighted by Gasteiger charge is 2.07. The summed E-state index contributed by atoms with van der Waals surface area (Å²) in [6, 6.07) is 4.64. The first-order valence-electron chi connectivity index (χ1n) is 5.50. The van der Waals surface area contributed by atoms with Crippen LogP contribution in [0.5, 0.6) is 0 Å². The lowest BCUT2D eigenvalue weighted by molar-refractivity contribution is 0.0979. The van der Waals surface area contributed by atoms with Gasteiger partial charge in [-0.05, 0) is 31.4 Å². The molecule has 0 bridgehead atoms. The van der Waals surface area contributed by atoms with Crippen molar-refractivity contribution in [3.05, 3.63) is 35.1 Å². The molecule has 0 fully saturated rings. The summed E-state index contributed by atoms with van der Waals surface area (Å²) in [5.41, 5.74) is 1.03. The Bertz CT molecular complexity index is 363. The van der Waals surface area contributed by atoms with Crippen molar-refractivity contribution in [2.45, 2.75) is 32.6 Å². The zero-order valence-corrected chi connectivity index (χ0v) is 10.2. The predicted molar refractivity (Wildman–Crippen MR) is 64.7 cm³/mol. The zero-order chi connectivity index (χ0) is 12.0. The molecule has 1 aromatic carbocycles. The van der Waals surface area contributed by atoms with Crippen LogP contribution in [0.15, 0.2) is 18.2 Å². The number of carbonyl (C=O) groups excluding carboxylic acids is 1. The summed E-state index contributed by atoms with van der Waals surface area (Å²) in [6.45, 7) is 1.68. The van der Waals surface area contributed by atoms with Gasteiger partial charge in [-0.25, -0.2) is 4.39 Å². The molecule has 1 aromatic rings. The molecule has 0 aliphatic rings. The molecule has 0 atom stereocenters. The molecule has 3 heteroatoms. The van der Waals surface area contributed by atoms with Gasteiger partial charge in [0, 0.05) is 17.9 Å². The highest BCUT2D eigenvalue weighted by molar-refractivity contribution is 6.17. The Labute approximate surface area is 101 Å². The molecule has 0 amide bonds. The highest BCUT2D eigenvalue weighted by Crippen LogP contribution is 2.13. The maximum atomic E-state index is 13.2. The van der Waals surface area contributed by atoms with Crippen LogP contribution in [-0.4, -0.2) is 11.7 Å². The van der Waals surface area contributed by atoms with Gasteiger partial charge in [-0.1, -0.05) is 18.6 Å². The van der Waals surface area contributed by atoms with Crippen LogP contribution in [-0.2, 0) is 0 Å². The molecule has 0 saturated heterocycles. The zero-order valence-electron chi connectivity index (χ0n) is 9.43. The van der Waals surface area contributed by atoms with Crippen LogP contribution in [0.25, 0.3) is 0 Å². The van der Waals surface area contributed by atoms with Crippen molar-refractivity contribution >= 4 is 17.4 Å². The fourth-order valence-corrected chi connectivity index (χ4v) is 1.66. The van der Waals surface area contributed by atoms with E-state index in [0.29, 0.717) is 23.4 Å². The van der Waals surface area contributed by atoms with Crippen molar-refractivity contribution in [2.75, 3.05) is 5.88 Å². The second-order valence-electron chi connectivity index (χ2n) is 3.89. The summed E-state index contributed by atoms with van der Waals surface area (Å²) in [6.07, 6.45) is 3.17. The second-order valence-corrected chi connectivity index (χ2v) is 4.26.